The highest BCUT2D eigenvalue weighted by atomic mass is 79.9. The molecule has 0 radical (unpaired) electrons. The number of nitrogens with one attached hydrogen (secondary N) is 1. The minimum Gasteiger partial charge on any atom is -0.375 e. The normalized spacial score (nSPS) is 24.8. The van der Waals surface area contributed by atoms with Crippen LogP contribution in [0.15, 0.2) is 28.7 Å². The highest BCUT2D eigenvalue weighted by Gasteiger charge is 2.29. The van der Waals surface area contributed by atoms with Crippen molar-refractivity contribution in [2.75, 3.05) is 6.61 Å². The van der Waals surface area contributed by atoms with Crippen LogP contribution in [-0.4, -0.2) is 18.2 Å². The average molecular weight is 312 g/mol. The topological polar surface area (TPSA) is 21.3 Å². The third-order valence-electron chi connectivity index (χ3n) is 3.55. The van der Waals surface area contributed by atoms with Crippen molar-refractivity contribution in [1.29, 1.82) is 0 Å². The molecular formula is C15H22BrNO. The third-order valence-corrected chi connectivity index (χ3v) is 4.08. The molecule has 3 heteroatoms. The van der Waals surface area contributed by atoms with Crippen LogP contribution in [0.4, 0.5) is 0 Å². The molecule has 1 N–H and O–H groups in total. The van der Waals surface area contributed by atoms with Crippen molar-refractivity contribution >= 4 is 15.9 Å². The van der Waals surface area contributed by atoms with E-state index in [1.165, 1.54) is 5.56 Å². The second kappa shape index (κ2) is 5.72. The second-order valence-corrected chi connectivity index (χ2v) is 6.65. The Morgan fingerprint density at radius 3 is 2.61 bits per heavy atom. The fourth-order valence-corrected chi connectivity index (χ4v) is 2.84. The number of benzene rings is 1. The molecule has 1 fully saturated rings. The maximum atomic E-state index is 5.75. The lowest BCUT2D eigenvalue weighted by molar-refractivity contribution is -0.0639. The van der Waals surface area contributed by atoms with E-state index in [0.717, 1.165) is 23.9 Å². The molecule has 0 spiro atoms. The first-order valence-electron chi connectivity index (χ1n) is 6.62. The summed E-state index contributed by atoms with van der Waals surface area (Å²) in [5, 5.41) is 3.71. The van der Waals surface area contributed by atoms with Crippen molar-refractivity contribution < 1.29 is 4.74 Å². The first-order valence-corrected chi connectivity index (χ1v) is 7.41. The average Bonchev–Trinajstić information content (AvgIpc) is 2.28. The van der Waals surface area contributed by atoms with Gasteiger partial charge in [-0.2, -0.15) is 0 Å². The summed E-state index contributed by atoms with van der Waals surface area (Å²) >= 11 is 3.47. The molecule has 1 aliphatic rings. The number of halogens is 1. The molecule has 1 aromatic rings. The van der Waals surface area contributed by atoms with Gasteiger partial charge >= 0.3 is 0 Å². The van der Waals surface area contributed by atoms with E-state index in [1.807, 2.05) is 0 Å². The van der Waals surface area contributed by atoms with Crippen molar-refractivity contribution in [3.05, 3.63) is 34.3 Å². The first-order chi connectivity index (χ1) is 8.46. The summed E-state index contributed by atoms with van der Waals surface area (Å²) in [6.07, 6.45) is 2.18. The highest BCUT2D eigenvalue weighted by molar-refractivity contribution is 9.10. The second-order valence-electron chi connectivity index (χ2n) is 5.74. The molecule has 0 aliphatic carbocycles. The summed E-state index contributed by atoms with van der Waals surface area (Å²) in [4.78, 5) is 0. The van der Waals surface area contributed by atoms with Crippen LogP contribution in [0.1, 0.15) is 45.2 Å². The van der Waals surface area contributed by atoms with Crippen LogP contribution in [0.25, 0.3) is 0 Å². The Labute approximate surface area is 118 Å². The van der Waals surface area contributed by atoms with Crippen molar-refractivity contribution in [3.8, 4) is 0 Å². The van der Waals surface area contributed by atoms with E-state index in [1.54, 1.807) is 0 Å². The molecule has 1 aliphatic heterocycles. The maximum absolute atomic E-state index is 5.75. The summed E-state index contributed by atoms with van der Waals surface area (Å²) in [6, 6.07) is 9.48. The summed E-state index contributed by atoms with van der Waals surface area (Å²) in [5.41, 5.74) is 1.34. The Balaban J connectivity index is 1.94. The van der Waals surface area contributed by atoms with E-state index < -0.39 is 0 Å². The van der Waals surface area contributed by atoms with Gasteiger partial charge in [-0.15, -0.1) is 0 Å². The van der Waals surface area contributed by atoms with Crippen LogP contribution in [0.3, 0.4) is 0 Å². The minimum absolute atomic E-state index is 0.00928. The molecule has 1 heterocycles. The van der Waals surface area contributed by atoms with Crippen LogP contribution in [0.5, 0.6) is 0 Å². The molecule has 18 heavy (non-hydrogen) atoms. The van der Waals surface area contributed by atoms with E-state index in [-0.39, 0.29) is 5.60 Å². The predicted molar refractivity (Wildman–Crippen MR) is 78.7 cm³/mol. The van der Waals surface area contributed by atoms with E-state index >= 15 is 0 Å². The Kier molecular flexibility index (Phi) is 4.46. The quantitative estimate of drug-likeness (QED) is 0.909. The van der Waals surface area contributed by atoms with Crippen LogP contribution in [0.2, 0.25) is 0 Å². The van der Waals surface area contributed by atoms with Gasteiger partial charge in [0.1, 0.15) is 0 Å². The highest BCUT2D eigenvalue weighted by Crippen LogP contribution is 2.26. The van der Waals surface area contributed by atoms with E-state index in [4.69, 9.17) is 4.74 Å². The maximum Gasteiger partial charge on any atom is 0.0641 e. The Hall–Kier alpha value is -0.380. The predicted octanol–water partition coefficient (Wildman–Crippen LogP) is 4.06. The first kappa shape index (κ1) is 14.0. The molecule has 100 valence electrons. The molecule has 0 bridgehead atoms. The zero-order valence-electron chi connectivity index (χ0n) is 11.4. The largest absolute Gasteiger partial charge is 0.375 e. The summed E-state index contributed by atoms with van der Waals surface area (Å²) < 4.78 is 6.88. The van der Waals surface area contributed by atoms with Gasteiger partial charge in [-0.1, -0.05) is 28.1 Å². The van der Waals surface area contributed by atoms with Gasteiger partial charge in [-0.05, 0) is 51.3 Å². The van der Waals surface area contributed by atoms with Crippen LogP contribution < -0.4 is 5.32 Å². The van der Waals surface area contributed by atoms with E-state index in [2.05, 4.69) is 66.3 Å². The van der Waals surface area contributed by atoms with E-state index in [0.29, 0.717) is 12.1 Å². The van der Waals surface area contributed by atoms with Crippen LogP contribution in [-0.2, 0) is 4.74 Å². The molecule has 2 nitrogen and oxygen atoms in total. The van der Waals surface area contributed by atoms with Crippen LogP contribution >= 0.6 is 15.9 Å². The molecule has 0 aromatic heterocycles. The molecule has 1 unspecified atom stereocenters. The van der Waals surface area contributed by atoms with Crippen LogP contribution in [0, 0.1) is 0 Å². The smallest absolute Gasteiger partial charge is 0.0641 e. The van der Waals surface area contributed by atoms with Gasteiger partial charge in [-0.25, -0.2) is 0 Å². The summed E-state index contributed by atoms with van der Waals surface area (Å²) in [7, 11) is 0. The molecule has 0 amide bonds. The van der Waals surface area contributed by atoms with Gasteiger partial charge in [0.15, 0.2) is 0 Å². The molecule has 1 aromatic carbocycles. The minimum atomic E-state index is 0.00928. The van der Waals surface area contributed by atoms with Gasteiger partial charge in [0.2, 0.25) is 0 Å². The number of rotatable bonds is 3. The SMILES string of the molecule is C[C@H](NC1CCOC(C)(C)C1)c1ccc(Br)cc1. The van der Waals surface area contributed by atoms with Gasteiger partial charge < -0.3 is 10.1 Å². The molecule has 1 saturated heterocycles. The monoisotopic (exact) mass is 311 g/mol. The van der Waals surface area contributed by atoms with Gasteiger partial charge in [-0.3, -0.25) is 0 Å². The third kappa shape index (κ3) is 3.81. The lowest BCUT2D eigenvalue weighted by Gasteiger charge is -2.37. The molecular weight excluding hydrogens is 290 g/mol. The molecule has 2 atom stereocenters. The zero-order chi connectivity index (χ0) is 13.2. The number of hydrogen-bond acceptors (Lipinski definition) is 2. The van der Waals surface area contributed by atoms with Gasteiger partial charge in [0, 0.05) is 23.2 Å². The van der Waals surface area contributed by atoms with Crippen molar-refractivity contribution in [1.82, 2.24) is 5.32 Å². The van der Waals surface area contributed by atoms with Crippen molar-refractivity contribution in [3.63, 3.8) is 0 Å². The standard InChI is InChI=1S/C15H22BrNO/c1-11(12-4-6-13(16)7-5-12)17-14-8-9-18-15(2,3)10-14/h4-7,11,14,17H,8-10H2,1-3H3/t11-,14?/m0/s1. The van der Waals surface area contributed by atoms with Gasteiger partial charge in [0.05, 0.1) is 5.60 Å². The Bertz CT molecular complexity index is 388. The zero-order valence-corrected chi connectivity index (χ0v) is 13.0. The van der Waals surface area contributed by atoms with Crippen molar-refractivity contribution in [2.24, 2.45) is 0 Å². The molecule has 2 rings (SSSR count). The summed E-state index contributed by atoms with van der Waals surface area (Å²) in [6.45, 7) is 7.43. The lowest BCUT2D eigenvalue weighted by Crippen LogP contribution is -2.44. The fraction of sp³-hybridized carbons (Fsp3) is 0.600. The fourth-order valence-electron chi connectivity index (χ4n) is 2.58. The van der Waals surface area contributed by atoms with Crippen molar-refractivity contribution in [2.45, 2.75) is 51.3 Å². The number of hydrogen-bond donors (Lipinski definition) is 1. The van der Waals surface area contributed by atoms with E-state index in [9.17, 15) is 0 Å². The lowest BCUT2D eigenvalue weighted by atomic mass is 9.93. The Morgan fingerprint density at radius 2 is 2.00 bits per heavy atom. The Morgan fingerprint density at radius 1 is 1.33 bits per heavy atom. The number of ether oxygens (including phenoxy) is 1. The van der Waals surface area contributed by atoms with Gasteiger partial charge in [0.25, 0.3) is 0 Å². The summed E-state index contributed by atoms with van der Waals surface area (Å²) in [5.74, 6) is 0. The molecule has 0 saturated carbocycles.